The van der Waals surface area contributed by atoms with Crippen LogP contribution < -0.4 is 10.3 Å². The van der Waals surface area contributed by atoms with E-state index in [1.165, 1.54) is 19.4 Å². The molecule has 2 heterocycles. The van der Waals surface area contributed by atoms with Gasteiger partial charge in [0.05, 0.1) is 16.5 Å². The lowest BCUT2D eigenvalue weighted by molar-refractivity contribution is -0.137. The van der Waals surface area contributed by atoms with Gasteiger partial charge in [-0.25, -0.2) is 18.7 Å². The fraction of sp³-hybridized carbons (Fsp3) is 0.222. The highest BCUT2D eigenvalue weighted by Gasteiger charge is 2.27. The second-order valence-corrected chi connectivity index (χ2v) is 6.47. The summed E-state index contributed by atoms with van der Waals surface area (Å²) in [7, 11) is 1.39. The number of esters is 1. The summed E-state index contributed by atoms with van der Waals surface area (Å²) in [6.45, 7) is 3.18. The lowest BCUT2D eigenvalue weighted by Gasteiger charge is -2.16. The zero-order valence-electron chi connectivity index (χ0n) is 14.6. The minimum Gasteiger partial charge on any atom is -0.423 e. The van der Waals surface area contributed by atoms with Crippen molar-refractivity contribution in [1.29, 1.82) is 0 Å². The van der Waals surface area contributed by atoms with Gasteiger partial charge in [0, 0.05) is 25.0 Å². The maximum Gasteiger partial charge on any atom is 0.313 e. The largest absolute Gasteiger partial charge is 0.423 e. The molecule has 0 saturated heterocycles. The number of benzene rings is 1. The zero-order valence-corrected chi connectivity index (χ0v) is 15.3. The van der Waals surface area contributed by atoms with Gasteiger partial charge in [0.1, 0.15) is 17.2 Å². The summed E-state index contributed by atoms with van der Waals surface area (Å²) >= 11 is 5.94. The molecule has 0 aliphatic rings. The van der Waals surface area contributed by atoms with Crippen LogP contribution in [0, 0.1) is 17.6 Å². The van der Waals surface area contributed by atoms with Gasteiger partial charge >= 0.3 is 5.97 Å². The number of hydrogen-bond donors (Lipinski definition) is 0. The Balaban J connectivity index is 2.49. The van der Waals surface area contributed by atoms with Gasteiger partial charge in [0.2, 0.25) is 0 Å². The van der Waals surface area contributed by atoms with Crippen molar-refractivity contribution in [1.82, 2.24) is 14.5 Å². The van der Waals surface area contributed by atoms with E-state index in [-0.39, 0.29) is 16.9 Å². The number of nitrogens with zero attached hydrogens (tertiary/aromatic N) is 3. The molecule has 3 aromatic rings. The Morgan fingerprint density at radius 3 is 2.44 bits per heavy atom. The summed E-state index contributed by atoms with van der Waals surface area (Å²) in [5.74, 6) is -3.39. The van der Waals surface area contributed by atoms with Gasteiger partial charge in [-0.05, 0) is 12.1 Å². The molecule has 0 amide bonds. The van der Waals surface area contributed by atoms with Crippen LogP contribution in [0.25, 0.3) is 22.3 Å². The Bertz CT molecular complexity index is 1130. The highest BCUT2D eigenvalue weighted by molar-refractivity contribution is 6.33. The molecule has 1 aromatic carbocycles. The molecule has 0 aliphatic carbocycles. The average Bonchev–Trinajstić information content (AvgIpc) is 2.64. The molecule has 0 bridgehead atoms. The quantitative estimate of drug-likeness (QED) is 0.503. The maximum absolute atomic E-state index is 14.5. The molecule has 0 spiro atoms. The third-order valence-electron chi connectivity index (χ3n) is 3.93. The molecule has 3 rings (SSSR count). The van der Waals surface area contributed by atoms with Crippen molar-refractivity contribution in [3.8, 4) is 16.9 Å². The van der Waals surface area contributed by atoms with Gasteiger partial charge in [-0.2, -0.15) is 0 Å². The average molecular weight is 394 g/mol. The van der Waals surface area contributed by atoms with Gasteiger partial charge in [0.25, 0.3) is 5.56 Å². The van der Waals surface area contributed by atoms with Crippen LogP contribution in [0.5, 0.6) is 5.75 Å². The topological polar surface area (TPSA) is 74.1 Å². The molecular formula is C18H14ClF2N3O3. The van der Waals surface area contributed by atoms with Crippen molar-refractivity contribution in [2.24, 2.45) is 13.0 Å². The monoisotopic (exact) mass is 393 g/mol. The SMILES string of the molecule is CC(C)C(=O)Oc1c(-c2c(F)ccc(F)c2Cl)c(=O)n(C)c2nccnc12. The summed E-state index contributed by atoms with van der Waals surface area (Å²) in [6.07, 6.45) is 2.68. The van der Waals surface area contributed by atoms with Crippen LogP contribution in [0.3, 0.4) is 0 Å². The smallest absolute Gasteiger partial charge is 0.313 e. The van der Waals surface area contributed by atoms with Crippen molar-refractivity contribution in [2.45, 2.75) is 13.8 Å². The minimum absolute atomic E-state index is 0.0447. The van der Waals surface area contributed by atoms with Crippen molar-refractivity contribution in [3.05, 3.63) is 51.5 Å². The predicted molar refractivity (Wildman–Crippen MR) is 95.6 cm³/mol. The molecule has 0 unspecified atom stereocenters. The maximum atomic E-state index is 14.5. The number of aryl methyl sites for hydroxylation is 1. The number of carbonyl (C=O) groups is 1. The number of hydrogen-bond acceptors (Lipinski definition) is 5. The van der Waals surface area contributed by atoms with E-state index >= 15 is 0 Å². The van der Waals surface area contributed by atoms with E-state index in [1.807, 2.05) is 0 Å². The Kier molecular flexibility index (Phi) is 4.93. The highest BCUT2D eigenvalue weighted by Crippen LogP contribution is 2.38. The fourth-order valence-electron chi connectivity index (χ4n) is 2.51. The summed E-state index contributed by atoms with van der Waals surface area (Å²) in [5.41, 5.74) is -1.51. The Hall–Kier alpha value is -2.87. The molecule has 2 aromatic heterocycles. The molecule has 9 heteroatoms. The number of halogens is 3. The van der Waals surface area contributed by atoms with Gasteiger partial charge in [0.15, 0.2) is 11.4 Å². The van der Waals surface area contributed by atoms with Crippen LogP contribution in [0.15, 0.2) is 29.3 Å². The first-order valence-corrected chi connectivity index (χ1v) is 8.31. The molecule has 0 saturated carbocycles. The van der Waals surface area contributed by atoms with E-state index in [0.717, 1.165) is 16.7 Å². The number of pyridine rings is 1. The number of rotatable bonds is 3. The van der Waals surface area contributed by atoms with Crippen LogP contribution in [-0.4, -0.2) is 20.5 Å². The number of fused-ring (bicyclic) bond motifs is 1. The lowest BCUT2D eigenvalue weighted by atomic mass is 10.0. The first kappa shape index (κ1) is 18.9. The molecule has 0 fully saturated rings. The van der Waals surface area contributed by atoms with Crippen molar-refractivity contribution in [3.63, 3.8) is 0 Å². The second kappa shape index (κ2) is 7.03. The van der Waals surface area contributed by atoms with E-state index in [2.05, 4.69) is 9.97 Å². The number of carbonyl (C=O) groups excluding carboxylic acids is 1. The molecule has 27 heavy (non-hydrogen) atoms. The summed E-state index contributed by atoms with van der Waals surface area (Å²) < 4.78 is 35.0. The van der Waals surface area contributed by atoms with Crippen LogP contribution in [-0.2, 0) is 11.8 Å². The highest BCUT2D eigenvalue weighted by atomic mass is 35.5. The van der Waals surface area contributed by atoms with E-state index in [9.17, 15) is 18.4 Å². The molecule has 0 N–H and O–H groups in total. The summed E-state index contributed by atoms with van der Waals surface area (Å²) in [4.78, 5) is 33.3. The van der Waals surface area contributed by atoms with E-state index in [0.29, 0.717) is 0 Å². The summed E-state index contributed by atoms with van der Waals surface area (Å²) in [5, 5.41) is -0.600. The van der Waals surface area contributed by atoms with Crippen LogP contribution in [0.4, 0.5) is 8.78 Å². The molecule has 0 atom stereocenters. The third-order valence-corrected chi connectivity index (χ3v) is 4.29. The van der Waals surface area contributed by atoms with Gasteiger partial charge in [-0.1, -0.05) is 25.4 Å². The van der Waals surface area contributed by atoms with Crippen molar-refractivity contribution < 1.29 is 18.3 Å². The zero-order chi connectivity index (χ0) is 19.9. The molecule has 6 nitrogen and oxygen atoms in total. The molecule has 140 valence electrons. The Morgan fingerprint density at radius 2 is 1.78 bits per heavy atom. The second-order valence-electron chi connectivity index (χ2n) is 6.09. The first-order chi connectivity index (χ1) is 12.7. The van der Waals surface area contributed by atoms with Crippen LogP contribution >= 0.6 is 11.6 Å². The first-order valence-electron chi connectivity index (χ1n) is 7.93. The standard InChI is InChI=1S/C18H14ClF2N3O3/c1-8(2)18(26)27-15-12(11-9(20)4-5-10(21)13(11)19)17(25)24(3)16-14(15)22-6-7-23-16/h4-8H,1-3H3. The van der Waals surface area contributed by atoms with Gasteiger partial charge in [-0.3, -0.25) is 14.2 Å². The number of aromatic nitrogens is 3. The predicted octanol–water partition coefficient (Wildman–Crippen LogP) is 3.49. The van der Waals surface area contributed by atoms with E-state index < -0.39 is 45.2 Å². The molecule has 0 aliphatic heterocycles. The molecule has 0 radical (unpaired) electrons. The van der Waals surface area contributed by atoms with Gasteiger partial charge < -0.3 is 4.74 Å². The van der Waals surface area contributed by atoms with Crippen molar-refractivity contribution >= 4 is 28.7 Å². The van der Waals surface area contributed by atoms with E-state index in [4.69, 9.17) is 16.3 Å². The Morgan fingerprint density at radius 1 is 1.15 bits per heavy atom. The third kappa shape index (κ3) is 3.16. The van der Waals surface area contributed by atoms with Crippen LogP contribution in [0.1, 0.15) is 13.8 Å². The Labute approximate surface area is 157 Å². The van der Waals surface area contributed by atoms with E-state index in [1.54, 1.807) is 13.8 Å². The lowest BCUT2D eigenvalue weighted by Crippen LogP contribution is -2.24. The van der Waals surface area contributed by atoms with Crippen LogP contribution in [0.2, 0.25) is 5.02 Å². The normalized spacial score (nSPS) is 11.2. The summed E-state index contributed by atoms with van der Waals surface area (Å²) in [6, 6.07) is 1.68. The number of ether oxygens (including phenoxy) is 1. The molecular weight excluding hydrogens is 380 g/mol. The van der Waals surface area contributed by atoms with Crippen molar-refractivity contribution in [2.75, 3.05) is 0 Å². The van der Waals surface area contributed by atoms with Gasteiger partial charge in [-0.15, -0.1) is 0 Å². The fourth-order valence-corrected chi connectivity index (χ4v) is 2.76. The minimum atomic E-state index is -0.941.